The Bertz CT molecular complexity index is 544. The van der Waals surface area contributed by atoms with Gasteiger partial charge in [0.15, 0.2) is 0 Å². The molecule has 0 aliphatic rings. The first-order valence-electron chi connectivity index (χ1n) is 6.21. The van der Waals surface area contributed by atoms with Gasteiger partial charge in [0.25, 0.3) is 0 Å². The number of pyridine rings is 1. The molecule has 1 aromatic rings. The summed E-state index contributed by atoms with van der Waals surface area (Å²) in [6, 6.07) is 0. The van der Waals surface area contributed by atoms with Crippen LogP contribution in [0.3, 0.4) is 0 Å². The van der Waals surface area contributed by atoms with Crippen LogP contribution < -0.4 is 0 Å². The number of aryl methyl sites for hydroxylation is 1. The Labute approximate surface area is 118 Å². The van der Waals surface area contributed by atoms with Crippen LogP contribution in [0.15, 0.2) is 6.20 Å². The Kier molecular flexibility index (Phi) is 5.12. The molecule has 108 valence electrons. The number of aromatic nitrogens is 1. The molecule has 0 fully saturated rings. The molecule has 5 nitrogen and oxygen atoms in total. The van der Waals surface area contributed by atoms with Crippen LogP contribution in [0.1, 0.15) is 37.1 Å². The third-order valence-corrected chi connectivity index (χ3v) is 2.96. The average molecular weight is 277 g/mol. The maximum atomic E-state index is 11.7. The highest BCUT2D eigenvalue weighted by Gasteiger charge is 2.21. The first kappa shape index (κ1) is 16.0. The molecule has 0 aliphatic carbocycles. The van der Waals surface area contributed by atoms with Crippen LogP contribution in [0, 0.1) is 24.7 Å². The summed E-state index contributed by atoms with van der Waals surface area (Å²) in [5.74, 6) is 1.99. The van der Waals surface area contributed by atoms with Crippen molar-refractivity contribution in [3.8, 4) is 18.1 Å². The molecular formula is C15H19NO4. The lowest BCUT2D eigenvalue weighted by Gasteiger charge is -2.17. The minimum absolute atomic E-state index is 0.0689. The number of aromatic hydroxyl groups is 1. The van der Waals surface area contributed by atoms with Gasteiger partial charge in [-0.2, -0.15) is 0 Å². The van der Waals surface area contributed by atoms with Gasteiger partial charge in [0, 0.05) is 22.7 Å². The molecule has 0 spiro atoms. The van der Waals surface area contributed by atoms with Gasteiger partial charge in [-0.1, -0.05) is 5.92 Å². The van der Waals surface area contributed by atoms with Crippen LogP contribution in [-0.4, -0.2) is 21.2 Å². The highest BCUT2D eigenvalue weighted by atomic mass is 16.5. The Balaban J connectivity index is 2.78. The largest absolute Gasteiger partial charge is 0.506 e. The first-order chi connectivity index (χ1) is 9.30. The second kappa shape index (κ2) is 6.40. The normalized spacial score (nSPS) is 10.9. The molecule has 1 rings (SSSR count). The van der Waals surface area contributed by atoms with E-state index in [0.29, 0.717) is 16.8 Å². The van der Waals surface area contributed by atoms with E-state index in [1.54, 1.807) is 20.8 Å². The summed E-state index contributed by atoms with van der Waals surface area (Å²) in [5, 5.41) is 19.1. The number of hydrogen-bond donors (Lipinski definition) is 2. The van der Waals surface area contributed by atoms with Crippen LogP contribution >= 0.6 is 0 Å². The Morgan fingerprint density at radius 1 is 1.55 bits per heavy atom. The number of aliphatic hydroxyl groups is 1. The average Bonchev–Trinajstić information content (AvgIpc) is 2.40. The minimum Gasteiger partial charge on any atom is -0.506 e. The van der Waals surface area contributed by atoms with Gasteiger partial charge in [-0.3, -0.25) is 9.78 Å². The summed E-state index contributed by atoms with van der Waals surface area (Å²) in [6.07, 6.45) is 6.85. The standard InChI is InChI=1S/C15H19NO4/c1-5-15(3,4)6-13(18)20-9-12-11(8-17)7-16-10(2)14(12)19/h1,7,17,19H,6,8-9H2,2-4H3. The highest BCUT2D eigenvalue weighted by molar-refractivity contribution is 5.71. The van der Waals surface area contributed by atoms with Crippen LogP contribution in [0.5, 0.6) is 5.75 Å². The van der Waals surface area contributed by atoms with Crippen molar-refractivity contribution in [3.05, 3.63) is 23.0 Å². The van der Waals surface area contributed by atoms with E-state index in [4.69, 9.17) is 11.2 Å². The van der Waals surface area contributed by atoms with Gasteiger partial charge in [0.2, 0.25) is 0 Å². The fourth-order valence-corrected chi connectivity index (χ4v) is 1.60. The van der Waals surface area contributed by atoms with E-state index in [9.17, 15) is 15.0 Å². The molecule has 0 atom stereocenters. The highest BCUT2D eigenvalue weighted by Crippen LogP contribution is 2.25. The molecule has 5 heteroatoms. The number of ether oxygens (including phenoxy) is 1. The number of carbonyl (C=O) groups excluding carboxylic acids is 1. The Morgan fingerprint density at radius 3 is 2.75 bits per heavy atom. The molecule has 1 aromatic heterocycles. The van der Waals surface area contributed by atoms with Crippen molar-refractivity contribution >= 4 is 5.97 Å². The van der Waals surface area contributed by atoms with Crippen molar-refractivity contribution in [1.29, 1.82) is 0 Å². The summed E-state index contributed by atoms with van der Waals surface area (Å²) >= 11 is 0. The number of rotatable bonds is 5. The zero-order valence-corrected chi connectivity index (χ0v) is 11.9. The SMILES string of the molecule is C#CC(C)(C)CC(=O)OCc1c(CO)cnc(C)c1O. The lowest BCUT2D eigenvalue weighted by atomic mass is 9.91. The van der Waals surface area contributed by atoms with Crippen molar-refractivity contribution in [2.24, 2.45) is 5.41 Å². The second-order valence-corrected chi connectivity index (χ2v) is 5.22. The van der Waals surface area contributed by atoms with E-state index in [1.165, 1.54) is 6.20 Å². The number of carbonyl (C=O) groups is 1. The third-order valence-electron chi connectivity index (χ3n) is 2.96. The van der Waals surface area contributed by atoms with E-state index in [-0.39, 0.29) is 25.4 Å². The lowest BCUT2D eigenvalue weighted by Crippen LogP contribution is -2.17. The number of hydrogen-bond acceptors (Lipinski definition) is 5. The molecule has 0 amide bonds. The van der Waals surface area contributed by atoms with Crippen LogP contribution in [0.4, 0.5) is 0 Å². The topological polar surface area (TPSA) is 79.7 Å². The van der Waals surface area contributed by atoms with Gasteiger partial charge in [-0.15, -0.1) is 6.42 Å². The van der Waals surface area contributed by atoms with E-state index in [0.717, 1.165) is 0 Å². The van der Waals surface area contributed by atoms with Crippen molar-refractivity contribution in [2.75, 3.05) is 0 Å². The number of aliphatic hydroxyl groups excluding tert-OH is 1. The van der Waals surface area contributed by atoms with Crippen molar-refractivity contribution in [1.82, 2.24) is 4.98 Å². The summed E-state index contributed by atoms with van der Waals surface area (Å²) in [6.45, 7) is 4.75. The quantitative estimate of drug-likeness (QED) is 0.632. The van der Waals surface area contributed by atoms with Gasteiger partial charge in [0.1, 0.15) is 12.4 Å². The molecule has 0 radical (unpaired) electrons. The first-order valence-corrected chi connectivity index (χ1v) is 6.21. The van der Waals surface area contributed by atoms with Gasteiger partial charge < -0.3 is 14.9 Å². The van der Waals surface area contributed by atoms with Gasteiger partial charge in [-0.05, 0) is 20.8 Å². The molecule has 0 aromatic carbocycles. The van der Waals surface area contributed by atoms with E-state index in [1.807, 2.05) is 0 Å². The number of esters is 1. The monoisotopic (exact) mass is 277 g/mol. The number of terminal acetylenes is 1. The molecule has 1 heterocycles. The third kappa shape index (κ3) is 3.97. The predicted molar refractivity (Wildman–Crippen MR) is 73.6 cm³/mol. The Hall–Kier alpha value is -2.06. The Morgan fingerprint density at radius 2 is 2.20 bits per heavy atom. The summed E-state index contributed by atoms with van der Waals surface area (Å²) in [5.41, 5.74) is 0.633. The van der Waals surface area contributed by atoms with Gasteiger partial charge in [-0.25, -0.2) is 0 Å². The van der Waals surface area contributed by atoms with E-state index < -0.39 is 11.4 Å². The zero-order valence-electron chi connectivity index (χ0n) is 11.9. The minimum atomic E-state index is -0.576. The summed E-state index contributed by atoms with van der Waals surface area (Å²) < 4.78 is 5.11. The molecule has 0 saturated carbocycles. The van der Waals surface area contributed by atoms with Crippen molar-refractivity contribution < 1.29 is 19.7 Å². The molecule has 0 aliphatic heterocycles. The van der Waals surface area contributed by atoms with Crippen LogP contribution in [-0.2, 0) is 22.7 Å². The molecular weight excluding hydrogens is 258 g/mol. The van der Waals surface area contributed by atoms with Gasteiger partial charge >= 0.3 is 5.97 Å². The molecule has 20 heavy (non-hydrogen) atoms. The van der Waals surface area contributed by atoms with E-state index in [2.05, 4.69) is 10.9 Å². The predicted octanol–water partition coefficient (Wildman–Crippen LogP) is 1.68. The van der Waals surface area contributed by atoms with Gasteiger partial charge in [0.05, 0.1) is 18.7 Å². The lowest BCUT2D eigenvalue weighted by molar-refractivity contribution is -0.146. The molecule has 0 bridgehead atoms. The fraction of sp³-hybridized carbons (Fsp3) is 0.467. The fourth-order valence-electron chi connectivity index (χ4n) is 1.60. The number of nitrogens with zero attached hydrogens (tertiary/aromatic N) is 1. The van der Waals surface area contributed by atoms with Crippen molar-refractivity contribution in [2.45, 2.75) is 40.4 Å². The maximum absolute atomic E-state index is 11.7. The molecule has 2 N–H and O–H groups in total. The second-order valence-electron chi connectivity index (χ2n) is 5.22. The zero-order chi connectivity index (χ0) is 15.3. The maximum Gasteiger partial charge on any atom is 0.307 e. The molecule has 0 unspecified atom stereocenters. The molecule has 0 saturated heterocycles. The van der Waals surface area contributed by atoms with E-state index >= 15 is 0 Å². The summed E-state index contributed by atoms with van der Waals surface area (Å²) in [4.78, 5) is 15.6. The van der Waals surface area contributed by atoms with Crippen LogP contribution in [0.25, 0.3) is 0 Å². The van der Waals surface area contributed by atoms with Crippen LogP contribution in [0.2, 0.25) is 0 Å². The van der Waals surface area contributed by atoms with Crippen molar-refractivity contribution in [3.63, 3.8) is 0 Å². The summed E-state index contributed by atoms with van der Waals surface area (Å²) in [7, 11) is 0. The smallest absolute Gasteiger partial charge is 0.307 e.